The minimum absolute atomic E-state index is 0.0397. The molecule has 0 aliphatic rings. The van der Waals surface area contributed by atoms with Gasteiger partial charge in [-0.3, -0.25) is 4.79 Å². The highest BCUT2D eigenvalue weighted by molar-refractivity contribution is 5.94. The van der Waals surface area contributed by atoms with E-state index in [0.29, 0.717) is 0 Å². The Kier molecular flexibility index (Phi) is 4.54. The lowest BCUT2D eigenvalue weighted by Crippen LogP contribution is -2.34. The molecule has 1 rings (SSSR count). The number of rotatable bonds is 3. The van der Waals surface area contributed by atoms with E-state index in [1.165, 1.54) is 24.1 Å². The number of nitriles is 1. The second-order valence-electron chi connectivity index (χ2n) is 4.21. The third kappa shape index (κ3) is 3.71. The lowest BCUT2D eigenvalue weighted by Gasteiger charge is -2.23. The molecule has 0 aromatic heterocycles. The van der Waals surface area contributed by atoms with Gasteiger partial charge >= 0.3 is 6.18 Å². The first-order valence-corrected chi connectivity index (χ1v) is 5.58. The number of carbonyl (C=O) groups is 1. The molecule has 0 aliphatic carbocycles. The molecule has 0 saturated heterocycles. The highest BCUT2D eigenvalue weighted by Crippen LogP contribution is 2.29. The molecule has 1 amide bonds. The fourth-order valence-corrected chi connectivity index (χ4v) is 1.50. The van der Waals surface area contributed by atoms with Gasteiger partial charge in [0, 0.05) is 18.7 Å². The number of nitrogens with zero attached hydrogens (tertiary/aromatic N) is 2. The van der Waals surface area contributed by atoms with E-state index < -0.39 is 17.6 Å². The van der Waals surface area contributed by atoms with Gasteiger partial charge in [-0.1, -0.05) is 6.07 Å². The Labute approximate surface area is 109 Å². The van der Waals surface area contributed by atoms with Crippen molar-refractivity contribution in [3.05, 3.63) is 35.4 Å². The van der Waals surface area contributed by atoms with Crippen molar-refractivity contribution >= 4 is 5.91 Å². The maximum atomic E-state index is 12.5. The lowest BCUT2D eigenvalue weighted by molar-refractivity contribution is -0.137. The van der Waals surface area contributed by atoms with Crippen molar-refractivity contribution in [3.63, 3.8) is 0 Å². The summed E-state index contributed by atoms with van der Waals surface area (Å²) < 4.78 is 37.6. The minimum atomic E-state index is -4.48. The molecule has 1 aromatic carbocycles. The van der Waals surface area contributed by atoms with Crippen LogP contribution in [0.1, 0.15) is 29.3 Å². The van der Waals surface area contributed by atoms with Gasteiger partial charge in [-0.2, -0.15) is 18.4 Å². The van der Waals surface area contributed by atoms with Gasteiger partial charge in [-0.05, 0) is 25.1 Å². The first kappa shape index (κ1) is 15.0. The molecule has 0 fully saturated rings. The first-order chi connectivity index (χ1) is 8.77. The summed E-state index contributed by atoms with van der Waals surface area (Å²) in [5, 5.41) is 8.55. The summed E-state index contributed by atoms with van der Waals surface area (Å²) in [4.78, 5) is 13.3. The third-order valence-corrected chi connectivity index (χ3v) is 2.81. The maximum absolute atomic E-state index is 12.5. The van der Waals surface area contributed by atoms with Crippen molar-refractivity contribution in [2.24, 2.45) is 0 Å². The fourth-order valence-electron chi connectivity index (χ4n) is 1.50. The van der Waals surface area contributed by atoms with Crippen LogP contribution in [-0.4, -0.2) is 23.9 Å². The van der Waals surface area contributed by atoms with E-state index in [2.05, 4.69) is 0 Å². The Bertz CT molecular complexity index is 505. The van der Waals surface area contributed by atoms with Gasteiger partial charge in [-0.15, -0.1) is 0 Å². The molecule has 19 heavy (non-hydrogen) atoms. The quantitative estimate of drug-likeness (QED) is 0.847. The largest absolute Gasteiger partial charge is 0.416 e. The molecule has 0 bridgehead atoms. The highest BCUT2D eigenvalue weighted by Gasteiger charge is 2.31. The number of halogens is 3. The molecule has 102 valence electrons. The molecule has 0 N–H and O–H groups in total. The predicted octanol–water partition coefficient (Wildman–Crippen LogP) is 3.08. The van der Waals surface area contributed by atoms with Crippen molar-refractivity contribution in [1.82, 2.24) is 4.90 Å². The molecule has 3 nitrogen and oxygen atoms in total. The second-order valence-corrected chi connectivity index (χ2v) is 4.21. The SMILES string of the molecule is CC(CC#N)N(C)C(=O)c1cccc(C(F)(F)F)c1. The van der Waals surface area contributed by atoms with Gasteiger partial charge in [0.15, 0.2) is 0 Å². The molecule has 0 radical (unpaired) electrons. The van der Waals surface area contributed by atoms with Crippen LogP contribution < -0.4 is 0 Å². The van der Waals surface area contributed by atoms with Crippen molar-refractivity contribution in [1.29, 1.82) is 5.26 Å². The molecule has 1 atom stereocenters. The average molecular weight is 270 g/mol. The number of carbonyl (C=O) groups excluding carboxylic acids is 1. The van der Waals surface area contributed by atoms with E-state index in [1.54, 1.807) is 6.92 Å². The second kappa shape index (κ2) is 5.74. The van der Waals surface area contributed by atoms with Gasteiger partial charge < -0.3 is 4.90 Å². The Morgan fingerprint density at radius 2 is 2.11 bits per heavy atom. The fraction of sp³-hybridized carbons (Fsp3) is 0.385. The van der Waals surface area contributed by atoms with E-state index in [-0.39, 0.29) is 18.0 Å². The molecule has 0 spiro atoms. The highest BCUT2D eigenvalue weighted by atomic mass is 19.4. The number of amides is 1. The van der Waals surface area contributed by atoms with Crippen molar-refractivity contribution in [3.8, 4) is 6.07 Å². The van der Waals surface area contributed by atoms with E-state index in [4.69, 9.17) is 5.26 Å². The van der Waals surface area contributed by atoms with Crippen LogP contribution in [0.5, 0.6) is 0 Å². The topological polar surface area (TPSA) is 44.1 Å². The predicted molar refractivity (Wildman–Crippen MR) is 63.2 cm³/mol. The Hall–Kier alpha value is -2.03. The Balaban J connectivity index is 2.98. The first-order valence-electron chi connectivity index (χ1n) is 5.58. The normalized spacial score (nSPS) is 12.6. The zero-order valence-corrected chi connectivity index (χ0v) is 10.5. The average Bonchev–Trinajstić information content (AvgIpc) is 2.36. The minimum Gasteiger partial charge on any atom is -0.338 e. The zero-order valence-electron chi connectivity index (χ0n) is 10.5. The molecule has 0 aliphatic heterocycles. The molecular formula is C13H13F3N2O. The summed E-state index contributed by atoms with van der Waals surface area (Å²) in [5.41, 5.74) is -0.901. The summed E-state index contributed by atoms with van der Waals surface area (Å²) >= 11 is 0. The Morgan fingerprint density at radius 3 is 2.63 bits per heavy atom. The van der Waals surface area contributed by atoms with Gasteiger partial charge in [0.2, 0.25) is 0 Å². The van der Waals surface area contributed by atoms with Gasteiger partial charge in [0.1, 0.15) is 0 Å². The van der Waals surface area contributed by atoms with Gasteiger partial charge in [-0.25, -0.2) is 0 Å². The van der Waals surface area contributed by atoms with E-state index >= 15 is 0 Å². The summed E-state index contributed by atoms with van der Waals surface area (Å²) in [5.74, 6) is -0.533. The summed E-state index contributed by atoms with van der Waals surface area (Å²) in [6.07, 6.45) is -4.35. The number of hydrogen-bond donors (Lipinski definition) is 0. The van der Waals surface area contributed by atoms with Gasteiger partial charge in [0.05, 0.1) is 18.1 Å². The molecule has 0 heterocycles. The number of hydrogen-bond acceptors (Lipinski definition) is 2. The molecule has 6 heteroatoms. The van der Waals surface area contributed by atoms with E-state index in [9.17, 15) is 18.0 Å². The maximum Gasteiger partial charge on any atom is 0.416 e. The van der Waals surface area contributed by atoms with Crippen LogP contribution in [0.15, 0.2) is 24.3 Å². The van der Waals surface area contributed by atoms with Crippen molar-refractivity contribution in [2.75, 3.05) is 7.05 Å². The molecule has 0 saturated carbocycles. The van der Waals surface area contributed by atoms with E-state index in [1.807, 2.05) is 6.07 Å². The molecule has 1 aromatic rings. The van der Waals surface area contributed by atoms with Crippen LogP contribution in [0.3, 0.4) is 0 Å². The lowest BCUT2D eigenvalue weighted by atomic mass is 10.1. The van der Waals surface area contributed by atoms with Crippen LogP contribution in [0.2, 0.25) is 0 Å². The molecular weight excluding hydrogens is 257 g/mol. The zero-order chi connectivity index (χ0) is 14.6. The molecule has 1 unspecified atom stereocenters. The van der Waals surface area contributed by atoms with Crippen LogP contribution in [0.25, 0.3) is 0 Å². The van der Waals surface area contributed by atoms with Crippen LogP contribution in [0.4, 0.5) is 13.2 Å². The standard InChI is InChI=1S/C13H13F3N2O/c1-9(6-7-17)18(2)12(19)10-4-3-5-11(8-10)13(14,15)16/h3-5,8-9H,6H2,1-2H3. The van der Waals surface area contributed by atoms with Gasteiger partial charge in [0.25, 0.3) is 5.91 Å². The third-order valence-electron chi connectivity index (χ3n) is 2.81. The van der Waals surface area contributed by atoms with Crippen molar-refractivity contribution < 1.29 is 18.0 Å². The van der Waals surface area contributed by atoms with Crippen LogP contribution >= 0.6 is 0 Å². The summed E-state index contributed by atoms with van der Waals surface area (Å²) in [7, 11) is 1.46. The summed E-state index contributed by atoms with van der Waals surface area (Å²) in [6.45, 7) is 1.66. The van der Waals surface area contributed by atoms with Crippen LogP contribution in [0, 0.1) is 11.3 Å². The Morgan fingerprint density at radius 1 is 1.47 bits per heavy atom. The van der Waals surface area contributed by atoms with Crippen LogP contribution in [-0.2, 0) is 6.18 Å². The number of benzene rings is 1. The number of alkyl halides is 3. The summed E-state index contributed by atoms with van der Waals surface area (Å²) in [6, 6.07) is 5.81. The van der Waals surface area contributed by atoms with E-state index in [0.717, 1.165) is 12.1 Å². The monoisotopic (exact) mass is 270 g/mol. The smallest absolute Gasteiger partial charge is 0.338 e. The van der Waals surface area contributed by atoms with Crippen molar-refractivity contribution in [2.45, 2.75) is 25.6 Å².